The van der Waals surface area contributed by atoms with Crippen LogP contribution in [0.3, 0.4) is 0 Å². The maximum absolute atomic E-state index is 11.0. The zero-order valence-electron chi connectivity index (χ0n) is 9.75. The number of primary amides is 1. The minimum atomic E-state index is -0.506. The number of carbonyl (C=O) groups is 1. The van der Waals surface area contributed by atoms with E-state index in [1.165, 1.54) is 0 Å². The molecule has 3 N–H and O–H groups in total. The van der Waals surface area contributed by atoms with Crippen molar-refractivity contribution in [2.45, 2.75) is 26.8 Å². The second kappa shape index (κ2) is 5.21. The zero-order valence-corrected chi connectivity index (χ0v) is 10.5. The lowest BCUT2D eigenvalue weighted by Gasteiger charge is -2.19. The van der Waals surface area contributed by atoms with Crippen LogP contribution in [-0.2, 0) is 0 Å². The molecule has 3 nitrogen and oxygen atoms in total. The van der Waals surface area contributed by atoms with E-state index in [0.29, 0.717) is 22.5 Å². The maximum Gasteiger partial charge on any atom is 0.250 e. The lowest BCUT2D eigenvalue weighted by molar-refractivity contribution is 0.100. The molecule has 16 heavy (non-hydrogen) atoms. The molecule has 1 unspecified atom stereocenters. The van der Waals surface area contributed by atoms with Crippen molar-refractivity contribution in [1.82, 2.24) is 0 Å². The number of amides is 1. The number of rotatable bonds is 4. The number of hydrogen-bond donors (Lipinski definition) is 2. The van der Waals surface area contributed by atoms with Gasteiger partial charge in [0.1, 0.15) is 0 Å². The molecule has 0 saturated heterocycles. The van der Waals surface area contributed by atoms with Crippen LogP contribution in [0.5, 0.6) is 0 Å². The summed E-state index contributed by atoms with van der Waals surface area (Å²) < 4.78 is 0. The molecule has 4 heteroatoms. The molecule has 88 valence electrons. The molecule has 0 fully saturated rings. The van der Waals surface area contributed by atoms with Gasteiger partial charge in [-0.3, -0.25) is 4.79 Å². The molecular weight excluding hydrogens is 224 g/mol. The molecular formula is C12H17ClN2O. The van der Waals surface area contributed by atoms with E-state index in [9.17, 15) is 4.79 Å². The molecule has 1 amide bonds. The Hall–Kier alpha value is -1.22. The molecule has 0 aliphatic carbocycles. The van der Waals surface area contributed by atoms with Crippen molar-refractivity contribution in [3.63, 3.8) is 0 Å². The van der Waals surface area contributed by atoms with Crippen LogP contribution in [0.4, 0.5) is 5.69 Å². The predicted octanol–water partition coefficient (Wildman–Crippen LogP) is 2.90. The summed E-state index contributed by atoms with van der Waals surface area (Å²) in [6, 6.07) is 5.52. The predicted molar refractivity (Wildman–Crippen MR) is 67.9 cm³/mol. The summed E-state index contributed by atoms with van der Waals surface area (Å²) in [4.78, 5) is 11.0. The third-order valence-electron chi connectivity index (χ3n) is 2.63. The minimum absolute atomic E-state index is 0.343. The Morgan fingerprint density at radius 1 is 1.38 bits per heavy atom. The fourth-order valence-electron chi connectivity index (χ4n) is 1.23. The van der Waals surface area contributed by atoms with E-state index in [1.54, 1.807) is 12.1 Å². The quantitative estimate of drug-likeness (QED) is 0.850. The van der Waals surface area contributed by atoms with Gasteiger partial charge in [0.2, 0.25) is 5.91 Å². The van der Waals surface area contributed by atoms with Crippen LogP contribution in [0.1, 0.15) is 31.1 Å². The van der Waals surface area contributed by atoms with Gasteiger partial charge in [-0.05, 0) is 31.0 Å². The van der Waals surface area contributed by atoms with Crippen molar-refractivity contribution in [3.05, 3.63) is 28.8 Å². The number of benzene rings is 1. The molecule has 0 aromatic heterocycles. The molecule has 1 rings (SSSR count). The lowest BCUT2D eigenvalue weighted by atomic mass is 10.1. The van der Waals surface area contributed by atoms with E-state index < -0.39 is 5.91 Å². The van der Waals surface area contributed by atoms with Crippen LogP contribution in [0.15, 0.2) is 18.2 Å². The van der Waals surface area contributed by atoms with E-state index in [1.807, 2.05) is 6.07 Å². The molecule has 0 radical (unpaired) electrons. The van der Waals surface area contributed by atoms with Crippen molar-refractivity contribution >= 4 is 23.2 Å². The number of halogens is 1. The molecule has 1 aromatic carbocycles. The Balaban J connectivity index is 2.85. The first-order chi connectivity index (χ1) is 7.41. The largest absolute Gasteiger partial charge is 0.382 e. The Morgan fingerprint density at radius 3 is 2.44 bits per heavy atom. The van der Waals surface area contributed by atoms with Crippen molar-refractivity contribution in [1.29, 1.82) is 0 Å². The standard InChI is InChI=1S/C12H17ClN2O/c1-7(2)8(3)15-9-4-5-10(12(14)16)11(13)6-9/h4-8,15H,1-3H3,(H2,14,16). The first-order valence-electron chi connectivity index (χ1n) is 5.27. The molecule has 1 atom stereocenters. The Bertz CT molecular complexity index is 391. The van der Waals surface area contributed by atoms with E-state index in [2.05, 4.69) is 26.1 Å². The summed E-state index contributed by atoms with van der Waals surface area (Å²) in [6.07, 6.45) is 0. The second-order valence-corrected chi connectivity index (χ2v) is 4.64. The van der Waals surface area contributed by atoms with Gasteiger partial charge in [-0.1, -0.05) is 25.4 Å². The van der Waals surface area contributed by atoms with Gasteiger partial charge in [0.05, 0.1) is 10.6 Å². The Kier molecular flexibility index (Phi) is 4.19. The molecule has 1 aromatic rings. The second-order valence-electron chi connectivity index (χ2n) is 4.24. The normalized spacial score (nSPS) is 12.6. The number of nitrogens with two attached hydrogens (primary N) is 1. The van der Waals surface area contributed by atoms with Crippen molar-refractivity contribution in [3.8, 4) is 0 Å². The van der Waals surface area contributed by atoms with Crippen molar-refractivity contribution in [2.75, 3.05) is 5.32 Å². The van der Waals surface area contributed by atoms with E-state index >= 15 is 0 Å². The highest BCUT2D eigenvalue weighted by molar-refractivity contribution is 6.34. The number of anilines is 1. The number of hydrogen-bond acceptors (Lipinski definition) is 2. The van der Waals surface area contributed by atoms with E-state index in [0.717, 1.165) is 5.69 Å². The summed E-state index contributed by atoms with van der Waals surface area (Å²) in [5, 5.41) is 3.69. The summed E-state index contributed by atoms with van der Waals surface area (Å²) in [5.74, 6) is 0.0167. The van der Waals surface area contributed by atoms with Crippen LogP contribution in [0.2, 0.25) is 5.02 Å². The van der Waals surface area contributed by atoms with E-state index in [4.69, 9.17) is 17.3 Å². The molecule has 0 aliphatic heterocycles. The summed E-state index contributed by atoms with van der Waals surface area (Å²) >= 11 is 5.95. The Morgan fingerprint density at radius 2 is 2.00 bits per heavy atom. The van der Waals surface area contributed by atoms with Crippen LogP contribution in [0, 0.1) is 5.92 Å². The van der Waals surface area contributed by atoms with Gasteiger partial charge in [-0.15, -0.1) is 0 Å². The lowest BCUT2D eigenvalue weighted by Crippen LogP contribution is -2.21. The monoisotopic (exact) mass is 240 g/mol. The summed E-state index contributed by atoms with van der Waals surface area (Å²) in [6.45, 7) is 6.37. The molecule has 0 aliphatic rings. The SMILES string of the molecule is CC(C)C(C)Nc1ccc(C(N)=O)c(Cl)c1. The van der Waals surface area contributed by atoms with Crippen molar-refractivity contribution < 1.29 is 4.79 Å². The highest BCUT2D eigenvalue weighted by Gasteiger charge is 2.10. The van der Waals surface area contributed by atoms with Crippen LogP contribution < -0.4 is 11.1 Å². The fourth-order valence-corrected chi connectivity index (χ4v) is 1.51. The molecule has 0 saturated carbocycles. The first kappa shape index (κ1) is 12.8. The fraction of sp³-hybridized carbons (Fsp3) is 0.417. The average molecular weight is 241 g/mol. The van der Waals surface area contributed by atoms with Gasteiger partial charge < -0.3 is 11.1 Å². The third kappa shape index (κ3) is 3.14. The highest BCUT2D eigenvalue weighted by Crippen LogP contribution is 2.22. The molecule has 0 bridgehead atoms. The van der Waals surface area contributed by atoms with Crippen molar-refractivity contribution in [2.24, 2.45) is 11.7 Å². The molecule has 0 spiro atoms. The summed E-state index contributed by atoms with van der Waals surface area (Å²) in [5.41, 5.74) is 6.42. The smallest absolute Gasteiger partial charge is 0.250 e. The van der Waals surface area contributed by atoms with Crippen LogP contribution in [0.25, 0.3) is 0 Å². The average Bonchev–Trinajstić information content (AvgIpc) is 2.16. The zero-order chi connectivity index (χ0) is 12.3. The minimum Gasteiger partial charge on any atom is -0.382 e. The van der Waals surface area contributed by atoms with Gasteiger partial charge in [0.15, 0.2) is 0 Å². The van der Waals surface area contributed by atoms with Crippen LogP contribution in [-0.4, -0.2) is 11.9 Å². The van der Waals surface area contributed by atoms with Gasteiger partial charge in [-0.2, -0.15) is 0 Å². The van der Waals surface area contributed by atoms with Gasteiger partial charge in [0.25, 0.3) is 0 Å². The van der Waals surface area contributed by atoms with E-state index in [-0.39, 0.29) is 0 Å². The topological polar surface area (TPSA) is 55.1 Å². The number of nitrogens with one attached hydrogen (secondary N) is 1. The maximum atomic E-state index is 11.0. The van der Waals surface area contributed by atoms with Crippen LogP contribution >= 0.6 is 11.6 Å². The van der Waals surface area contributed by atoms with Gasteiger partial charge >= 0.3 is 0 Å². The third-order valence-corrected chi connectivity index (χ3v) is 2.94. The first-order valence-corrected chi connectivity index (χ1v) is 5.65. The van der Waals surface area contributed by atoms with Gasteiger partial charge in [-0.25, -0.2) is 0 Å². The van der Waals surface area contributed by atoms with Gasteiger partial charge in [0, 0.05) is 11.7 Å². The summed E-state index contributed by atoms with van der Waals surface area (Å²) in [7, 11) is 0. The Labute approximate surface area is 101 Å². The molecule has 0 heterocycles. The highest BCUT2D eigenvalue weighted by atomic mass is 35.5. The number of carbonyl (C=O) groups excluding carboxylic acids is 1.